The van der Waals surface area contributed by atoms with Crippen molar-refractivity contribution in [2.75, 3.05) is 0 Å². The number of carbonyl (C=O) groups is 1. The highest BCUT2D eigenvalue weighted by Gasteiger charge is 2.19. The fourth-order valence-electron chi connectivity index (χ4n) is 1.08. The topological polar surface area (TPSA) is 108 Å². The predicted octanol–water partition coefficient (Wildman–Crippen LogP) is 4.62. The highest BCUT2D eigenvalue weighted by molar-refractivity contribution is 5.88. The summed E-state index contributed by atoms with van der Waals surface area (Å²) in [5.41, 5.74) is -1.68. The number of azo groups is 1. The molecule has 7 nitrogen and oxygen atoms in total. The molecule has 0 saturated heterocycles. The molecule has 0 aliphatic rings. The molecule has 1 rings (SSSR count). The molecule has 0 radical (unpaired) electrons. The van der Waals surface area contributed by atoms with Crippen LogP contribution in [-0.2, 0) is 9.78 Å². The number of benzene rings is 1. The summed E-state index contributed by atoms with van der Waals surface area (Å²) < 4.78 is 0. The fourth-order valence-corrected chi connectivity index (χ4v) is 1.08. The van der Waals surface area contributed by atoms with Gasteiger partial charge in [0.2, 0.25) is 0 Å². The van der Waals surface area contributed by atoms with E-state index in [1.807, 2.05) is 39.0 Å². The summed E-state index contributed by atoms with van der Waals surface area (Å²) in [7, 11) is 0. The Hall–Kier alpha value is -2.77. The largest absolute Gasteiger partial charge is 0.373 e. The van der Waals surface area contributed by atoms with Crippen LogP contribution in [0.4, 0.5) is 0 Å². The molecule has 1 aromatic rings. The van der Waals surface area contributed by atoms with E-state index >= 15 is 0 Å². The van der Waals surface area contributed by atoms with Crippen molar-refractivity contribution in [3.63, 3.8) is 0 Å². The van der Waals surface area contributed by atoms with Gasteiger partial charge in [-0.3, -0.25) is 4.89 Å². The lowest BCUT2D eigenvalue weighted by atomic mass is 10.1. The van der Waals surface area contributed by atoms with Crippen molar-refractivity contribution in [1.82, 2.24) is 0 Å². The van der Waals surface area contributed by atoms with Gasteiger partial charge in [0.1, 0.15) is 5.60 Å². The minimum atomic E-state index is -0.839. The molecule has 0 aliphatic carbocycles. The minimum absolute atomic E-state index is 0.472. The third-order valence-electron chi connectivity index (χ3n) is 2.47. The van der Waals surface area contributed by atoms with Crippen molar-refractivity contribution in [2.45, 2.75) is 65.1 Å². The summed E-state index contributed by atoms with van der Waals surface area (Å²) in [5.74, 6) is -0.472. The molecule has 0 aliphatic heterocycles. The first-order valence-corrected chi connectivity index (χ1v) is 8.03. The molecule has 0 amide bonds. The molecule has 0 spiro atoms. The van der Waals surface area contributed by atoms with Crippen molar-refractivity contribution < 1.29 is 14.6 Å². The Morgan fingerprint density at radius 3 is 1.65 bits per heavy atom. The van der Waals surface area contributed by atoms with Crippen LogP contribution in [0.25, 0.3) is 0 Å². The zero-order valence-electron chi connectivity index (χ0n) is 16.4. The molecule has 0 N–H and O–H groups in total. The van der Waals surface area contributed by atoms with Gasteiger partial charge in [-0.1, -0.05) is 18.2 Å². The van der Waals surface area contributed by atoms with Gasteiger partial charge in [-0.25, -0.2) is 4.79 Å². The Bertz CT molecular complexity index is 662. The van der Waals surface area contributed by atoms with Crippen LogP contribution >= 0.6 is 0 Å². The van der Waals surface area contributed by atoms with Gasteiger partial charge in [-0.2, -0.15) is 25.6 Å². The second-order valence-electron chi connectivity index (χ2n) is 7.47. The molecule has 0 unspecified atom stereocenters. The van der Waals surface area contributed by atoms with E-state index in [4.69, 9.17) is 15.4 Å². The second-order valence-corrected chi connectivity index (χ2v) is 7.47. The average Bonchev–Trinajstić information content (AvgIpc) is 2.59. The molecule has 0 saturated carbocycles. The summed E-state index contributed by atoms with van der Waals surface area (Å²) in [5, 5.41) is 24.7. The summed E-state index contributed by atoms with van der Waals surface area (Å²) >= 11 is 0. The standard InChI is InChI=1S/C11H14O3.C8H12N4/c1-11(2,3)14-13-10(12)9-7-5-4-6-8-9;1-7(2,5-9)11-12-8(3,4)6-10/h4-8H,1-3H3;1-4H3. The van der Waals surface area contributed by atoms with E-state index in [0.29, 0.717) is 5.56 Å². The fraction of sp³-hybridized carbons (Fsp3) is 0.526. The number of nitrogens with zero attached hydrogens (tertiary/aromatic N) is 4. The van der Waals surface area contributed by atoms with E-state index in [2.05, 4.69) is 15.1 Å². The maximum atomic E-state index is 11.3. The van der Waals surface area contributed by atoms with Gasteiger partial charge in [-0.05, 0) is 60.6 Å². The van der Waals surface area contributed by atoms with Crippen LogP contribution in [0.3, 0.4) is 0 Å². The molecular weight excluding hydrogens is 332 g/mol. The molecule has 7 heteroatoms. The van der Waals surface area contributed by atoms with E-state index in [9.17, 15) is 4.79 Å². The molecule has 0 heterocycles. The van der Waals surface area contributed by atoms with Crippen LogP contribution < -0.4 is 0 Å². The lowest BCUT2D eigenvalue weighted by Crippen LogP contribution is -2.21. The van der Waals surface area contributed by atoms with E-state index in [1.165, 1.54) is 0 Å². The Balaban J connectivity index is 0.000000488. The highest BCUT2D eigenvalue weighted by Crippen LogP contribution is 2.13. The molecule has 0 fully saturated rings. The maximum Gasteiger partial charge on any atom is 0.373 e. The van der Waals surface area contributed by atoms with E-state index in [-0.39, 0.29) is 0 Å². The van der Waals surface area contributed by atoms with E-state index < -0.39 is 22.6 Å². The summed E-state index contributed by atoms with van der Waals surface area (Å²) in [6.07, 6.45) is 0. The van der Waals surface area contributed by atoms with Crippen LogP contribution in [0.2, 0.25) is 0 Å². The Morgan fingerprint density at radius 2 is 1.31 bits per heavy atom. The SMILES string of the molecule is CC(C)(C#N)N=NC(C)(C)C#N.CC(C)(C)OOC(=O)c1ccccc1. The van der Waals surface area contributed by atoms with Crippen molar-refractivity contribution in [3.8, 4) is 12.1 Å². The third-order valence-corrected chi connectivity index (χ3v) is 2.47. The molecule has 0 atom stereocenters. The minimum Gasteiger partial charge on any atom is -0.292 e. The summed E-state index contributed by atoms with van der Waals surface area (Å²) in [6.45, 7) is 12.0. The average molecular weight is 358 g/mol. The lowest BCUT2D eigenvalue weighted by Gasteiger charge is -2.16. The van der Waals surface area contributed by atoms with Gasteiger partial charge in [-0.15, -0.1) is 0 Å². The highest BCUT2D eigenvalue weighted by atomic mass is 17.2. The number of rotatable bonds is 4. The number of hydrogen-bond acceptors (Lipinski definition) is 7. The van der Waals surface area contributed by atoms with Gasteiger partial charge in [0, 0.05) is 0 Å². The van der Waals surface area contributed by atoms with Gasteiger partial charge in [0.05, 0.1) is 17.7 Å². The van der Waals surface area contributed by atoms with Gasteiger partial charge in [0.15, 0.2) is 11.1 Å². The monoisotopic (exact) mass is 358 g/mol. The van der Waals surface area contributed by atoms with Crippen LogP contribution in [0.5, 0.6) is 0 Å². The molecule has 0 aromatic heterocycles. The van der Waals surface area contributed by atoms with Crippen molar-refractivity contribution in [3.05, 3.63) is 35.9 Å². The van der Waals surface area contributed by atoms with Crippen LogP contribution in [-0.4, -0.2) is 22.6 Å². The molecular formula is C19H26N4O3. The van der Waals surface area contributed by atoms with Crippen LogP contribution in [0, 0.1) is 22.7 Å². The van der Waals surface area contributed by atoms with Crippen molar-refractivity contribution >= 4 is 5.97 Å². The smallest absolute Gasteiger partial charge is 0.292 e. The number of carbonyl (C=O) groups excluding carboxylic acids is 1. The number of hydrogen-bond donors (Lipinski definition) is 0. The van der Waals surface area contributed by atoms with Crippen molar-refractivity contribution in [1.29, 1.82) is 10.5 Å². The number of nitriles is 2. The first kappa shape index (κ1) is 23.2. The van der Waals surface area contributed by atoms with Gasteiger partial charge < -0.3 is 0 Å². The summed E-state index contributed by atoms with van der Waals surface area (Å²) in [4.78, 5) is 20.9. The van der Waals surface area contributed by atoms with Gasteiger partial charge in [0.25, 0.3) is 0 Å². The Labute approximate surface area is 155 Å². The lowest BCUT2D eigenvalue weighted by molar-refractivity contribution is -0.301. The van der Waals surface area contributed by atoms with Gasteiger partial charge >= 0.3 is 5.97 Å². The van der Waals surface area contributed by atoms with Crippen molar-refractivity contribution in [2.24, 2.45) is 10.2 Å². The quantitative estimate of drug-likeness (QED) is 0.443. The summed E-state index contributed by atoms with van der Waals surface area (Å²) in [6, 6.07) is 12.7. The Morgan fingerprint density at radius 1 is 0.885 bits per heavy atom. The second kappa shape index (κ2) is 9.65. The molecule has 26 heavy (non-hydrogen) atoms. The molecule has 0 bridgehead atoms. The van der Waals surface area contributed by atoms with Crippen LogP contribution in [0.15, 0.2) is 40.6 Å². The first-order chi connectivity index (χ1) is 11.8. The van der Waals surface area contributed by atoms with Crippen LogP contribution in [0.1, 0.15) is 58.8 Å². The normalized spacial score (nSPS) is 11.7. The Kier molecular flexibility index (Phi) is 8.62. The first-order valence-electron chi connectivity index (χ1n) is 8.03. The zero-order chi connectivity index (χ0) is 20.4. The maximum absolute atomic E-state index is 11.3. The molecule has 140 valence electrons. The van der Waals surface area contributed by atoms with E-state index in [0.717, 1.165) is 0 Å². The van der Waals surface area contributed by atoms with E-state index in [1.54, 1.807) is 52.0 Å². The molecule has 1 aromatic carbocycles. The third kappa shape index (κ3) is 10.9. The zero-order valence-corrected chi connectivity index (χ0v) is 16.4. The predicted molar refractivity (Wildman–Crippen MR) is 96.9 cm³/mol.